The first kappa shape index (κ1) is 17.8. The van der Waals surface area contributed by atoms with Gasteiger partial charge in [-0.2, -0.15) is 0 Å². The van der Waals surface area contributed by atoms with Crippen molar-refractivity contribution in [2.75, 3.05) is 6.54 Å². The molecule has 3 rings (SSSR count). The summed E-state index contributed by atoms with van der Waals surface area (Å²) in [6.45, 7) is 0.138. The molecule has 2 N–H and O–H groups in total. The third-order valence-electron chi connectivity index (χ3n) is 5.94. The first-order chi connectivity index (χ1) is 11.9. The van der Waals surface area contributed by atoms with Gasteiger partial charge in [0.25, 0.3) is 0 Å². The van der Waals surface area contributed by atoms with E-state index in [1.807, 2.05) is 0 Å². The molecule has 0 aromatic heterocycles. The Balaban J connectivity index is 1.73. The number of carboxylic acid groups (broad SMARTS) is 1. The van der Waals surface area contributed by atoms with Gasteiger partial charge in [-0.15, -0.1) is 0 Å². The van der Waals surface area contributed by atoms with Crippen molar-refractivity contribution >= 4 is 11.9 Å². The van der Waals surface area contributed by atoms with Gasteiger partial charge in [-0.3, -0.25) is 9.59 Å². The molecule has 2 aliphatic carbocycles. The lowest BCUT2D eigenvalue weighted by molar-refractivity contribution is -0.157. The average Bonchev–Trinajstić information content (AvgIpc) is 2.98. The number of amides is 1. The summed E-state index contributed by atoms with van der Waals surface area (Å²) in [5.41, 5.74) is -1.67. The quantitative estimate of drug-likeness (QED) is 0.824. The minimum Gasteiger partial charge on any atom is -0.481 e. The van der Waals surface area contributed by atoms with Gasteiger partial charge in [-0.1, -0.05) is 25.3 Å². The monoisotopic (exact) mass is 351 g/mol. The molecule has 0 atom stereocenters. The molecule has 0 aliphatic heterocycles. The average molecular weight is 351 g/mol. The SMILES string of the molecule is O=C(CC1(C(=O)O)CCC1)NCC1(c2c(F)cccc2F)CCCC1. The Kier molecular flexibility index (Phi) is 4.80. The number of hydrogen-bond acceptors (Lipinski definition) is 2. The Morgan fingerprint density at radius 1 is 1.04 bits per heavy atom. The van der Waals surface area contributed by atoms with Crippen LogP contribution in [0.25, 0.3) is 0 Å². The topological polar surface area (TPSA) is 66.4 Å². The summed E-state index contributed by atoms with van der Waals surface area (Å²) in [7, 11) is 0. The second-order valence-corrected chi connectivity index (χ2v) is 7.48. The lowest BCUT2D eigenvalue weighted by Crippen LogP contribution is -2.45. The Bertz CT molecular complexity index is 659. The maximum atomic E-state index is 14.3. The van der Waals surface area contributed by atoms with Crippen molar-refractivity contribution in [1.82, 2.24) is 5.32 Å². The molecule has 0 spiro atoms. The lowest BCUT2D eigenvalue weighted by Gasteiger charge is -2.37. The summed E-state index contributed by atoms with van der Waals surface area (Å²) in [5.74, 6) is -2.47. The molecule has 0 saturated heterocycles. The number of nitrogens with one attached hydrogen (secondary N) is 1. The van der Waals surface area contributed by atoms with Crippen molar-refractivity contribution in [3.63, 3.8) is 0 Å². The minimum atomic E-state index is -0.962. The number of benzene rings is 1. The highest BCUT2D eigenvalue weighted by Crippen LogP contribution is 2.45. The largest absolute Gasteiger partial charge is 0.481 e. The third-order valence-corrected chi connectivity index (χ3v) is 5.94. The number of halogens is 2. The second-order valence-electron chi connectivity index (χ2n) is 7.48. The van der Waals surface area contributed by atoms with Crippen LogP contribution in [0.15, 0.2) is 18.2 Å². The summed E-state index contributed by atoms with van der Waals surface area (Å²) < 4.78 is 28.6. The zero-order valence-corrected chi connectivity index (χ0v) is 14.1. The summed E-state index contributed by atoms with van der Waals surface area (Å²) in [4.78, 5) is 23.7. The smallest absolute Gasteiger partial charge is 0.310 e. The van der Waals surface area contributed by atoms with Crippen molar-refractivity contribution in [2.24, 2.45) is 5.41 Å². The van der Waals surface area contributed by atoms with Gasteiger partial charge in [0.05, 0.1) is 5.41 Å². The van der Waals surface area contributed by atoms with E-state index in [0.29, 0.717) is 25.7 Å². The first-order valence-corrected chi connectivity index (χ1v) is 8.83. The molecule has 4 nitrogen and oxygen atoms in total. The molecule has 136 valence electrons. The number of carboxylic acids is 1. The van der Waals surface area contributed by atoms with Gasteiger partial charge in [0.1, 0.15) is 11.6 Å². The standard InChI is InChI=1S/C19H23F2NO3/c20-13-5-3-6-14(21)16(13)19(7-1-2-8-19)12-22-15(23)11-18(17(24)25)9-4-10-18/h3,5-6H,1-2,4,7-12H2,(H,22,23)(H,24,25). The highest BCUT2D eigenvalue weighted by molar-refractivity contribution is 5.85. The second kappa shape index (κ2) is 6.73. The fraction of sp³-hybridized carbons (Fsp3) is 0.579. The van der Waals surface area contributed by atoms with Crippen LogP contribution < -0.4 is 5.32 Å². The molecular formula is C19H23F2NO3. The van der Waals surface area contributed by atoms with Gasteiger partial charge in [0.2, 0.25) is 5.91 Å². The van der Waals surface area contributed by atoms with E-state index in [2.05, 4.69) is 5.32 Å². The molecule has 0 unspecified atom stereocenters. The highest BCUT2D eigenvalue weighted by Gasteiger charge is 2.46. The molecule has 6 heteroatoms. The number of carbonyl (C=O) groups is 2. The zero-order chi connectivity index (χ0) is 18.1. The fourth-order valence-electron chi connectivity index (χ4n) is 4.28. The van der Waals surface area contributed by atoms with Crippen LogP contribution in [0.5, 0.6) is 0 Å². The van der Waals surface area contributed by atoms with Gasteiger partial charge >= 0.3 is 5.97 Å². The van der Waals surface area contributed by atoms with Gasteiger partial charge in [0, 0.05) is 23.9 Å². The Morgan fingerprint density at radius 2 is 1.64 bits per heavy atom. The molecule has 0 heterocycles. The first-order valence-electron chi connectivity index (χ1n) is 8.83. The van der Waals surface area contributed by atoms with E-state index in [9.17, 15) is 23.5 Å². The summed E-state index contributed by atoms with van der Waals surface area (Å²) in [5, 5.41) is 12.1. The summed E-state index contributed by atoms with van der Waals surface area (Å²) in [6, 6.07) is 3.82. The van der Waals surface area contributed by atoms with Crippen LogP contribution in [0.2, 0.25) is 0 Å². The predicted octanol–water partition coefficient (Wildman–Crippen LogP) is 3.54. The molecule has 25 heavy (non-hydrogen) atoms. The summed E-state index contributed by atoms with van der Waals surface area (Å²) in [6.07, 6.45) is 4.66. The van der Waals surface area contributed by atoms with E-state index in [4.69, 9.17) is 0 Å². The van der Waals surface area contributed by atoms with E-state index in [0.717, 1.165) is 19.3 Å². The third kappa shape index (κ3) is 3.26. The van der Waals surface area contributed by atoms with Crippen LogP contribution in [-0.4, -0.2) is 23.5 Å². The molecule has 1 amide bonds. The van der Waals surface area contributed by atoms with Crippen molar-refractivity contribution < 1.29 is 23.5 Å². The lowest BCUT2D eigenvalue weighted by atomic mass is 9.66. The molecule has 0 bridgehead atoms. The molecular weight excluding hydrogens is 328 g/mol. The van der Waals surface area contributed by atoms with E-state index >= 15 is 0 Å². The highest BCUT2D eigenvalue weighted by atomic mass is 19.1. The van der Waals surface area contributed by atoms with Crippen LogP contribution in [0, 0.1) is 17.0 Å². The van der Waals surface area contributed by atoms with E-state index in [1.54, 1.807) is 0 Å². The minimum absolute atomic E-state index is 0.0457. The summed E-state index contributed by atoms with van der Waals surface area (Å²) >= 11 is 0. The van der Waals surface area contributed by atoms with Crippen molar-refractivity contribution in [2.45, 2.75) is 56.8 Å². The van der Waals surface area contributed by atoms with Crippen molar-refractivity contribution in [3.05, 3.63) is 35.4 Å². The molecule has 2 fully saturated rings. The molecule has 1 aromatic rings. The van der Waals surface area contributed by atoms with Crippen LogP contribution in [0.4, 0.5) is 8.78 Å². The number of hydrogen-bond donors (Lipinski definition) is 2. The zero-order valence-electron chi connectivity index (χ0n) is 14.1. The Hall–Kier alpha value is -1.98. The van der Waals surface area contributed by atoms with E-state index < -0.39 is 28.4 Å². The normalized spacial score (nSPS) is 20.7. The molecule has 2 aliphatic rings. The van der Waals surface area contributed by atoms with E-state index in [1.165, 1.54) is 18.2 Å². The molecule has 0 radical (unpaired) electrons. The van der Waals surface area contributed by atoms with Gasteiger partial charge in [-0.25, -0.2) is 8.78 Å². The maximum absolute atomic E-state index is 14.3. The van der Waals surface area contributed by atoms with Crippen LogP contribution in [-0.2, 0) is 15.0 Å². The molecule has 1 aromatic carbocycles. The van der Waals surface area contributed by atoms with Crippen LogP contribution in [0.1, 0.15) is 56.9 Å². The van der Waals surface area contributed by atoms with Gasteiger partial charge < -0.3 is 10.4 Å². The maximum Gasteiger partial charge on any atom is 0.310 e. The predicted molar refractivity (Wildman–Crippen MR) is 88.1 cm³/mol. The Labute approximate surface area is 145 Å². The number of aliphatic carboxylic acids is 1. The van der Waals surface area contributed by atoms with Crippen LogP contribution in [0.3, 0.4) is 0 Å². The molecule has 2 saturated carbocycles. The van der Waals surface area contributed by atoms with Gasteiger partial charge in [-0.05, 0) is 37.8 Å². The number of carbonyl (C=O) groups excluding carboxylic acids is 1. The van der Waals surface area contributed by atoms with E-state index in [-0.39, 0.29) is 24.4 Å². The van der Waals surface area contributed by atoms with Crippen molar-refractivity contribution in [1.29, 1.82) is 0 Å². The Morgan fingerprint density at radius 3 is 2.12 bits per heavy atom. The fourth-order valence-corrected chi connectivity index (χ4v) is 4.28. The van der Waals surface area contributed by atoms with Gasteiger partial charge in [0.15, 0.2) is 0 Å². The van der Waals surface area contributed by atoms with Crippen molar-refractivity contribution in [3.8, 4) is 0 Å². The number of rotatable bonds is 6. The van der Waals surface area contributed by atoms with Crippen LogP contribution >= 0.6 is 0 Å².